The summed E-state index contributed by atoms with van der Waals surface area (Å²) in [7, 11) is -9.88. The number of carbonyl (C=O) groups is 4. The fraction of sp³-hybridized carbons (Fsp3) is 0.937. The van der Waals surface area contributed by atoms with E-state index in [4.69, 9.17) is 37.0 Å². The fourth-order valence-corrected chi connectivity index (χ4v) is 10.9. The van der Waals surface area contributed by atoms with Gasteiger partial charge >= 0.3 is 39.5 Å². The molecule has 0 aliphatic heterocycles. The van der Waals surface area contributed by atoms with E-state index in [1.807, 2.05) is 0 Å². The molecule has 0 aliphatic rings. The van der Waals surface area contributed by atoms with Crippen molar-refractivity contribution in [2.24, 2.45) is 11.8 Å². The van der Waals surface area contributed by atoms with Gasteiger partial charge in [0.05, 0.1) is 26.4 Å². The van der Waals surface area contributed by atoms with Crippen LogP contribution in [0, 0.1) is 11.8 Å². The molecule has 0 aromatic carbocycles. The van der Waals surface area contributed by atoms with E-state index < -0.39 is 97.5 Å². The smallest absolute Gasteiger partial charge is 0.462 e. The number of carbonyl (C=O) groups excluding carboxylic acids is 4. The van der Waals surface area contributed by atoms with Gasteiger partial charge in [0.25, 0.3) is 0 Å². The predicted octanol–water partition coefficient (Wildman–Crippen LogP) is 17.3. The molecule has 0 aromatic heterocycles. The van der Waals surface area contributed by atoms with Crippen LogP contribution in [0.5, 0.6) is 0 Å². The lowest BCUT2D eigenvalue weighted by molar-refractivity contribution is -0.161. The second-order valence-corrected chi connectivity index (χ2v) is 26.7. The summed E-state index contributed by atoms with van der Waals surface area (Å²) in [6.07, 6.45) is 37.9. The monoisotopic (exact) mass is 1210 g/mol. The van der Waals surface area contributed by atoms with Crippen LogP contribution in [0.4, 0.5) is 0 Å². The van der Waals surface area contributed by atoms with Gasteiger partial charge in [-0.15, -0.1) is 0 Å². The summed E-state index contributed by atoms with van der Waals surface area (Å²) < 4.78 is 67.8. The Morgan fingerprint density at radius 1 is 0.329 bits per heavy atom. The van der Waals surface area contributed by atoms with Crippen molar-refractivity contribution < 1.29 is 80.2 Å². The molecule has 0 saturated carbocycles. The number of aliphatic hydroxyl groups is 1. The lowest BCUT2D eigenvalue weighted by Gasteiger charge is -2.21. The Kier molecular flexibility index (Phi) is 54.3. The van der Waals surface area contributed by atoms with E-state index >= 15 is 0 Å². The van der Waals surface area contributed by atoms with E-state index in [9.17, 15) is 43.2 Å². The molecule has 0 aliphatic carbocycles. The van der Waals surface area contributed by atoms with E-state index in [0.717, 1.165) is 108 Å². The number of unbranched alkanes of at least 4 members (excludes halogenated alkanes) is 32. The maximum absolute atomic E-state index is 13.0. The van der Waals surface area contributed by atoms with Gasteiger partial charge in [-0.2, -0.15) is 0 Å². The Bertz CT molecular complexity index is 1620. The quantitative estimate of drug-likeness (QED) is 0.0222. The van der Waals surface area contributed by atoms with Crippen molar-refractivity contribution in [1.82, 2.24) is 0 Å². The minimum absolute atomic E-state index is 0.103. The molecule has 0 heterocycles. The van der Waals surface area contributed by atoms with Crippen molar-refractivity contribution in [2.75, 3.05) is 39.6 Å². The van der Waals surface area contributed by atoms with Gasteiger partial charge in [0.2, 0.25) is 0 Å². The molecule has 0 rings (SSSR count). The summed E-state index contributed by atoms with van der Waals surface area (Å²) in [4.78, 5) is 71.9. The normalized spacial score (nSPS) is 14.3. The lowest BCUT2D eigenvalue weighted by Crippen LogP contribution is -2.30. The number of phosphoric ester groups is 2. The summed E-state index contributed by atoms with van der Waals surface area (Å²) >= 11 is 0. The minimum atomic E-state index is -4.94. The van der Waals surface area contributed by atoms with Crippen molar-refractivity contribution in [3.8, 4) is 0 Å². The summed E-state index contributed by atoms with van der Waals surface area (Å²) in [5.41, 5.74) is 0. The first-order valence-electron chi connectivity index (χ1n) is 33.0. The van der Waals surface area contributed by atoms with Crippen LogP contribution in [0.1, 0.15) is 311 Å². The van der Waals surface area contributed by atoms with E-state index in [1.54, 1.807) is 0 Å². The third kappa shape index (κ3) is 57.2. The van der Waals surface area contributed by atoms with Crippen LogP contribution in [0.25, 0.3) is 0 Å². The van der Waals surface area contributed by atoms with Crippen LogP contribution < -0.4 is 0 Å². The Labute approximate surface area is 498 Å². The fourth-order valence-electron chi connectivity index (χ4n) is 9.35. The van der Waals surface area contributed by atoms with Crippen LogP contribution in [0.2, 0.25) is 0 Å². The first-order valence-corrected chi connectivity index (χ1v) is 36.0. The van der Waals surface area contributed by atoms with Crippen molar-refractivity contribution in [1.29, 1.82) is 0 Å². The average Bonchev–Trinajstić information content (AvgIpc) is 3.43. The Balaban J connectivity index is 5.18. The number of hydrogen-bond donors (Lipinski definition) is 3. The van der Waals surface area contributed by atoms with Gasteiger partial charge < -0.3 is 33.8 Å². The Hall–Kier alpha value is -1.94. The number of esters is 4. The van der Waals surface area contributed by atoms with Crippen LogP contribution in [0.3, 0.4) is 0 Å². The van der Waals surface area contributed by atoms with Crippen molar-refractivity contribution in [3.63, 3.8) is 0 Å². The highest BCUT2D eigenvalue weighted by atomic mass is 31.2. The number of phosphoric acid groups is 2. The summed E-state index contributed by atoms with van der Waals surface area (Å²) in [5.74, 6) is -0.662. The minimum Gasteiger partial charge on any atom is -0.462 e. The third-order valence-corrected chi connectivity index (χ3v) is 16.4. The van der Waals surface area contributed by atoms with Crippen molar-refractivity contribution >= 4 is 39.5 Å². The highest BCUT2D eigenvalue weighted by molar-refractivity contribution is 7.47. The maximum atomic E-state index is 13.0. The number of hydrogen-bond acceptors (Lipinski definition) is 15. The Morgan fingerprint density at radius 3 is 0.829 bits per heavy atom. The van der Waals surface area contributed by atoms with Crippen LogP contribution in [-0.4, -0.2) is 96.7 Å². The predicted molar refractivity (Wildman–Crippen MR) is 326 cm³/mol. The zero-order valence-electron chi connectivity index (χ0n) is 52.8. The molecule has 0 spiro atoms. The van der Waals surface area contributed by atoms with Gasteiger partial charge in [-0.1, -0.05) is 260 Å². The molecule has 0 fully saturated rings. The number of aliphatic hydroxyl groups excluding tert-OH is 1. The lowest BCUT2D eigenvalue weighted by atomic mass is 10.0. The highest BCUT2D eigenvalue weighted by Crippen LogP contribution is 2.45. The maximum Gasteiger partial charge on any atom is 0.472 e. The molecular weight excluding hydrogens is 1090 g/mol. The summed E-state index contributed by atoms with van der Waals surface area (Å²) in [5, 5.41) is 10.5. The molecule has 0 bridgehead atoms. The first-order chi connectivity index (χ1) is 39.4. The van der Waals surface area contributed by atoms with Crippen LogP contribution in [0.15, 0.2) is 0 Å². The van der Waals surface area contributed by atoms with Gasteiger partial charge in [0.1, 0.15) is 19.3 Å². The van der Waals surface area contributed by atoms with Crippen molar-refractivity contribution in [2.45, 2.75) is 330 Å². The molecule has 0 aromatic rings. The first kappa shape index (κ1) is 80.1. The van der Waals surface area contributed by atoms with Gasteiger partial charge in [-0.3, -0.25) is 37.3 Å². The zero-order chi connectivity index (χ0) is 60.8. The molecule has 82 heavy (non-hydrogen) atoms. The molecule has 5 atom stereocenters. The van der Waals surface area contributed by atoms with Crippen LogP contribution >= 0.6 is 15.6 Å². The molecule has 0 radical (unpaired) electrons. The molecule has 3 N–H and O–H groups in total. The second kappa shape index (κ2) is 55.6. The van der Waals surface area contributed by atoms with Gasteiger partial charge in [0, 0.05) is 25.7 Å². The molecule has 0 amide bonds. The molecule has 19 heteroatoms. The van der Waals surface area contributed by atoms with E-state index in [2.05, 4.69) is 41.5 Å². The van der Waals surface area contributed by atoms with Crippen molar-refractivity contribution in [3.05, 3.63) is 0 Å². The zero-order valence-corrected chi connectivity index (χ0v) is 54.6. The van der Waals surface area contributed by atoms with E-state index in [0.29, 0.717) is 25.7 Å². The molecule has 486 valence electrons. The van der Waals surface area contributed by atoms with Gasteiger partial charge in [-0.05, 0) is 37.5 Å². The van der Waals surface area contributed by atoms with E-state index in [1.165, 1.54) is 122 Å². The Morgan fingerprint density at radius 2 is 0.561 bits per heavy atom. The molecule has 2 unspecified atom stereocenters. The van der Waals surface area contributed by atoms with Crippen LogP contribution in [-0.2, 0) is 65.4 Å². The SMILES string of the molecule is CCCCCCCCCCCCCCC(=O)OC[C@H](COP(=O)(O)OC[C@@H](O)COP(=O)(O)OC[C@@H](COC(=O)CCCCCCC)OC(=O)CCCCCCCCCCC(C)C)OC(=O)CCCCCCCCCCCCCC(C)C. The van der Waals surface area contributed by atoms with Gasteiger partial charge in [0.15, 0.2) is 12.2 Å². The topological polar surface area (TPSA) is 237 Å². The average molecular weight is 1210 g/mol. The number of rotatable bonds is 62. The summed E-state index contributed by atoms with van der Waals surface area (Å²) in [6, 6.07) is 0. The third-order valence-electron chi connectivity index (χ3n) is 14.5. The highest BCUT2D eigenvalue weighted by Gasteiger charge is 2.30. The van der Waals surface area contributed by atoms with Gasteiger partial charge in [-0.25, -0.2) is 9.13 Å². The summed E-state index contributed by atoms with van der Waals surface area (Å²) in [6.45, 7) is 9.36. The number of ether oxygens (including phenoxy) is 4. The van der Waals surface area contributed by atoms with E-state index in [-0.39, 0.29) is 25.7 Å². The molecule has 17 nitrogen and oxygen atoms in total. The largest absolute Gasteiger partial charge is 0.472 e. The standard InChI is InChI=1S/C63H122O17P2/c1-7-9-11-13-14-15-16-19-22-28-34-40-46-61(66)74-52-59(80-62(67)47-41-35-29-23-20-17-18-21-26-32-37-43-55(3)4)54-78-82(71,72)76-50-57(64)49-75-81(69,70)77-53-58(51-73-60(65)45-39-31-12-10-8-2)79-63(68)48-42-36-30-25-24-27-33-38-44-56(5)6/h55-59,64H,7-54H2,1-6H3,(H,69,70)(H,71,72)/t57-,58+,59+/m0/s1. The molecular formula is C63H122O17P2. The second-order valence-electron chi connectivity index (χ2n) is 23.7. The molecule has 0 saturated heterocycles.